The summed E-state index contributed by atoms with van der Waals surface area (Å²) in [7, 11) is -2.93. The lowest BCUT2D eigenvalue weighted by atomic mass is 9.82. The summed E-state index contributed by atoms with van der Waals surface area (Å²) < 4.78 is 22.4. The van der Waals surface area contributed by atoms with Gasteiger partial charge in [-0.05, 0) is 31.6 Å². The lowest BCUT2D eigenvalue weighted by Crippen LogP contribution is -2.40. The largest absolute Gasteiger partial charge is 0.357 e. The van der Waals surface area contributed by atoms with Crippen LogP contribution in [0.15, 0.2) is 4.99 Å². The molecule has 0 aromatic carbocycles. The average molecular weight is 429 g/mol. The molecule has 1 aliphatic heterocycles. The van der Waals surface area contributed by atoms with Gasteiger partial charge in [-0.3, -0.25) is 4.99 Å². The zero-order valence-electron chi connectivity index (χ0n) is 13.0. The van der Waals surface area contributed by atoms with Crippen molar-refractivity contribution >= 4 is 39.8 Å². The number of likely N-dealkylation sites (tertiary alicyclic amines) is 1. The molecular weight excluding hydrogens is 401 g/mol. The van der Waals surface area contributed by atoms with Crippen molar-refractivity contribution in [2.75, 3.05) is 38.2 Å². The molecule has 1 saturated carbocycles. The molecule has 5 nitrogen and oxygen atoms in total. The molecule has 0 aromatic heterocycles. The Hall–Kier alpha value is -0.0500. The minimum atomic E-state index is -2.93. The summed E-state index contributed by atoms with van der Waals surface area (Å²) >= 11 is 0. The molecule has 0 radical (unpaired) electrons. The van der Waals surface area contributed by atoms with Gasteiger partial charge in [0.25, 0.3) is 0 Å². The van der Waals surface area contributed by atoms with Crippen molar-refractivity contribution < 1.29 is 8.42 Å². The van der Waals surface area contributed by atoms with Gasteiger partial charge in [-0.25, -0.2) is 8.42 Å². The second kappa shape index (κ2) is 8.55. The number of hydrogen-bond donors (Lipinski definition) is 1. The second-order valence-corrected chi connectivity index (χ2v) is 8.33. The predicted octanol–water partition coefficient (Wildman–Crippen LogP) is 1.74. The Morgan fingerprint density at radius 3 is 2.29 bits per heavy atom. The molecule has 1 saturated heterocycles. The molecule has 2 unspecified atom stereocenters. The number of fused-ring (bicyclic) bond motifs is 1. The molecule has 1 aliphatic carbocycles. The van der Waals surface area contributed by atoms with E-state index in [-0.39, 0.29) is 29.7 Å². The minimum Gasteiger partial charge on any atom is -0.357 e. The van der Waals surface area contributed by atoms with Crippen LogP contribution < -0.4 is 5.32 Å². The third-order valence-electron chi connectivity index (χ3n) is 4.33. The van der Waals surface area contributed by atoms with E-state index in [1.807, 2.05) is 0 Å². The first-order valence-electron chi connectivity index (χ1n) is 7.70. The first kappa shape index (κ1) is 19.0. The monoisotopic (exact) mass is 429 g/mol. The average Bonchev–Trinajstić information content (AvgIpc) is 2.80. The van der Waals surface area contributed by atoms with E-state index in [2.05, 4.69) is 22.1 Å². The molecular formula is C14H28IN3O2S. The fourth-order valence-corrected chi connectivity index (χ4v) is 3.74. The zero-order valence-corrected chi connectivity index (χ0v) is 16.2. The van der Waals surface area contributed by atoms with Crippen LogP contribution in [0, 0.1) is 11.8 Å². The van der Waals surface area contributed by atoms with Crippen molar-refractivity contribution in [2.45, 2.75) is 32.6 Å². The number of guanidine groups is 1. The lowest BCUT2D eigenvalue weighted by Gasteiger charge is -2.22. The minimum absolute atomic E-state index is 0. The molecule has 2 rings (SSSR count). The van der Waals surface area contributed by atoms with Gasteiger partial charge in [-0.15, -0.1) is 24.0 Å². The molecule has 7 heteroatoms. The van der Waals surface area contributed by atoms with E-state index >= 15 is 0 Å². The van der Waals surface area contributed by atoms with Crippen LogP contribution in [0.3, 0.4) is 0 Å². The van der Waals surface area contributed by atoms with Crippen LogP contribution >= 0.6 is 24.0 Å². The van der Waals surface area contributed by atoms with Crippen molar-refractivity contribution in [1.29, 1.82) is 0 Å². The molecule has 2 aliphatic rings. The summed E-state index contributed by atoms with van der Waals surface area (Å²) in [6, 6.07) is 0. The first-order valence-corrected chi connectivity index (χ1v) is 9.76. The summed E-state index contributed by atoms with van der Waals surface area (Å²) in [5.74, 6) is 2.64. The SMILES string of the molecule is CCNC(=NCCS(C)(=O)=O)N1CC2CCCCC2C1.I. The van der Waals surface area contributed by atoms with Gasteiger partial charge in [0, 0.05) is 25.9 Å². The summed E-state index contributed by atoms with van der Waals surface area (Å²) in [5, 5.41) is 3.30. The highest BCUT2D eigenvalue weighted by atomic mass is 127. The van der Waals surface area contributed by atoms with Gasteiger partial charge in [0.2, 0.25) is 0 Å². The molecule has 0 spiro atoms. The molecule has 1 heterocycles. The fourth-order valence-electron chi connectivity index (χ4n) is 3.32. The molecule has 1 N–H and O–H groups in total. The molecule has 124 valence electrons. The highest BCUT2D eigenvalue weighted by Crippen LogP contribution is 2.35. The quantitative estimate of drug-likeness (QED) is 0.420. The predicted molar refractivity (Wildman–Crippen MR) is 98.1 cm³/mol. The third-order valence-corrected chi connectivity index (χ3v) is 5.26. The van der Waals surface area contributed by atoms with Crippen LogP contribution in [-0.4, -0.2) is 57.5 Å². The maximum Gasteiger partial charge on any atom is 0.193 e. The number of hydrogen-bond acceptors (Lipinski definition) is 3. The van der Waals surface area contributed by atoms with Gasteiger partial charge in [-0.2, -0.15) is 0 Å². The number of sulfone groups is 1. The van der Waals surface area contributed by atoms with Crippen molar-refractivity contribution in [3.8, 4) is 0 Å². The maximum absolute atomic E-state index is 11.2. The lowest BCUT2D eigenvalue weighted by molar-refractivity contribution is 0.299. The Balaban J connectivity index is 0.00000220. The van der Waals surface area contributed by atoms with Gasteiger partial charge >= 0.3 is 0 Å². The summed E-state index contributed by atoms with van der Waals surface area (Å²) in [6.07, 6.45) is 6.65. The Morgan fingerprint density at radius 2 is 1.81 bits per heavy atom. The molecule has 21 heavy (non-hydrogen) atoms. The van der Waals surface area contributed by atoms with E-state index in [1.165, 1.54) is 31.9 Å². The smallest absolute Gasteiger partial charge is 0.193 e. The van der Waals surface area contributed by atoms with Crippen LogP contribution in [-0.2, 0) is 9.84 Å². The van der Waals surface area contributed by atoms with Crippen LogP contribution in [0.25, 0.3) is 0 Å². The highest BCUT2D eigenvalue weighted by Gasteiger charge is 2.35. The van der Waals surface area contributed by atoms with E-state index in [1.54, 1.807) is 0 Å². The van der Waals surface area contributed by atoms with Gasteiger partial charge in [0.1, 0.15) is 9.84 Å². The van der Waals surface area contributed by atoms with Gasteiger partial charge in [0.15, 0.2) is 5.96 Å². The number of rotatable bonds is 4. The van der Waals surface area contributed by atoms with Crippen LogP contribution in [0.1, 0.15) is 32.6 Å². The van der Waals surface area contributed by atoms with Crippen molar-refractivity contribution in [3.05, 3.63) is 0 Å². The Kier molecular flexibility index (Phi) is 7.73. The summed E-state index contributed by atoms with van der Waals surface area (Å²) in [6.45, 7) is 5.39. The fraction of sp³-hybridized carbons (Fsp3) is 0.929. The number of aliphatic imine (C=N–C) groups is 1. The third kappa shape index (κ3) is 5.92. The topological polar surface area (TPSA) is 61.8 Å². The first-order chi connectivity index (χ1) is 9.49. The highest BCUT2D eigenvalue weighted by molar-refractivity contribution is 14.0. The van der Waals surface area contributed by atoms with Gasteiger partial charge in [0.05, 0.1) is 12.3 Å². The maximum atomic E-state index is 11.2. The molecule has 2 atom stereocenters. The molecule has 0 amide bonds. The molecule has 0 aromatic rings. The molecule has 0 bridgehead atoms. The standard InChI is InChI=1S/C14H27N3O2S.HI/c1-3-15-14(16-8-9-20(2,18)19)17-10-12-6-4-5-7-13(12)11-17;/h12-13H,3-11H2,1-2H3,(H,15,16);1H. The van der Waals surface area contributed by atoms with E-state index < -0.39 is 9.84 Å². The molecule has 2 fully saturated rings. The normalized spacial score (nSPS) is 26.2. The zero-order chi connectivity index (χ0) is 14.6. The van der Waals surface area contributed by atoms with Gasteiger partial charge in [-0.1, -0.05) is 12.8 Å². The Labute approximate surface area is 145 Å². The summed E-state index contributed by atoms with van der Waals surface area (Å²) in [4.78, 5) is 6.82. The second-order valence-electron chi connectivity index (χ2n) is 6.08. The van der Waals surface area contributed by atoms with Crippen LogP contribution in [0.5, 0.6) is 0 Å². The van der Waals surface area contributed by atoms with Crippen molar-refractivity contribution in [3.63, 3.8) is 0 Å². The summed E-state index contributed by atoms with van der Waals surface area (Å²) in [5.41, 5.74) is 0. The Morgan fingerprint density at radius 1 is 1.24 bits per heavy atom. The van der Waals surface area contributed by atoms with Crippen molar-refractivity contribution in [1.82, 2.24) is 10.2 Å². The Bertz CT molecular complexity index is 439. The number of nitrogens with zero attached hydrogens (tertiary/aromatic N) is 2. The van der Waals surface area contributed by atoms with E-state index in [4.69, 9.17) is 0 Å². The van der Waals surface area contributed by atoms with Crippen LogP contribution in [0.2, 0.25) is 0 Å². The van der Waals surface area contributed by atoms with E-state index in [0.717, 1.165) is 37.4 Å². The van der Waals surface area contributed by atoms with E-state index in [0.29, 0.717) is 6.54 Å². The van der Waals surface area contributed by atoms with Crippen LogP contribution in [0.4, 0.5) is 0 Å². The number of halogens is 1. The number of nitrogens with one attached hydrogen (secondary N) is 1. The van der Waals surface area contributed by atoms with E-state index in [9.17, 15) is 8.42 Å². The van der Waals surface area contributed by atoms with Crippen molar-refractivity contribution in [2.24, 2.45) is 16.8 Å². The van der Waals surface area contributed by atoms with Gasteiger partial charge < -0.3 is 10.2 Å².